The smallest absolute Gasteiger partial charge is 0.327 e. The number of amides is 2. The standard InChI is InChI=1S/C44H55N3O9/c1-42(2)22-30-29(13-14-34-43(3,55-34)16-15-31(30)42)20-27-11-8-12-28(19-27)24-47-37-40(50)54-33-23-44(37,38(56-47)36-35(33)52-25-53-36)41(51)46(4)32(39(49)45-17-18-48)21-26-9-6-5-7-10-26/h5-12,19-20,30-38,48H,13-18,21-25H2,1-4H3,(H,45,49). The van der Waals surface area contributed by atoms with Crippen molar-refractivity contribution in [1.82, 2.24) is 15.3 Å². The number of esters is 1. The number of likely N-dealkylation sites (N-methyl/N-ethyl adjacent to an activating group) is 1. The fourth-order valence-corrected chi connectivity index (χ4v) is 11.2. The molecule has 4 heterocycles. The number of benzene rings is 2. The summed E-state index contributed by atoms with van der Waals surface area (Å²) in [4.78, 5) is 51.2. The number of allylic oxidation sites excluding steroid dienone is 1. The van der Waals surface area contributed by atoms with Gasteiger partial charge in [-0.2, -0.15) is 5.06 Å². The third-order valence-electron chi connectivity index (χ3n) is 14.3. The van der Waals surface area contributed by atoms with Gasteiger partial charge in [0.15, 0.2) is 6.04 Å². The zero-order valence-corrected chi connectivity index (χ0v) is 32.9. The van der Waals surface area contributed by atoms with Crippen LogP contribution in [0.1, 0.15) is 76.0 Å². The quantitative estimate of drug-likeness (QED) is 0.268. The summed E-state index contributed by atoms with van der Waals surface area (Å²) in [6.07, 6.45) is 5.86. The van der Waals surface area contributed by atoms with Gasteiger partial charge < -0.3 is 34.3 Å². The Kier molecular flexibility index (Phi) is 9.69. The van der Waals surface area contributed by atoms with Crippen LogP contribution in [-0.4, -0.2) is 108 Å². The molecule has 7 aliphatic rings. The lowest BCUT2D eigenvalue weighted by Gasteiger charge is -2.53. The van der Waals surface area contributed by atoms with E-state index in [0.717, 1.165) is 36.0 Å². The van der Waals surface area contributed by atoms with Gasteiger partial charge in [-0.05, 0) is 73.0 Å². The monoisotopic (exact) mass is 769 g/mol. The van der Waals surface area contributed by atoms with E-state index < -0.39 is 59.7 Å². The molecule has 2 N–H and O–H groups in total. The van der Waals surface area contributed by atoms with Gasteiger partial charge in [0.2, 0.25) is 11.8 Å². The normalized spacial score (nSPS) is 37.7. The summed E-state index contributed by atoms with van der Waals surface area (Å²) in [5, 5.41) is 13.9. The van der Waals surface area contributed by atoms with Crippen molar-refractivity contribution in [2.24, 2.45) is 22.7 Å². The second-order valence-corrected chi connectivity index (χ2v) is 18.1. The largest absolute Gasteiger partial charge is 0.458 e. The first-order valence-corrected chi connectivity index (χ1v) is 20.5. The second kappa shape index (κ2) is 14.3. The van der Waals surface area contributed by atoms with E-state index >= 15 is 4.79 Å². The van der Waals surface area contributed by atoms with Gasteiger partial charge in [-0.15, -0.1) is 0 Å². The highest BCUT2D eigenvalue weighted by atomic mass is 16.8. The first kappa shape index (κ1) is 37.9. The zero-order valence-electron chi connectivity index (χ0n) is 32.9. The molecule has 56 heavy (non-hydrogen) atoms. The number of rotatable bonds is 10. The van der Waals surface area contributed by atoms with Crippen LogP contribution in [0.3, 0.4) is 0 Å². The van der Waals surface area contributed by atoms with Gasteiger partial charge in [0.1, 0.15) is 42.7 Å². The number of nitrogens with one attached hydrogen (secondary N) is 1. The lowest BCUT2D eigenvalue weighted by atomic mass is 9.52. The molecular weight excluding hydrogens is 714 g/mol. The number of aliphatic hydroxyl groups is 1. The molecule has 4 aliphatic heterocycles. The number of hydrogen-bond donors (Lipinski definition) is 2. The Morgan fingerprint density at radius 3 is 2.61 bits per heavy atom. The van der Waals surface area contributed by atoms with E-state index in [4.69, 9.17) is 23.8 Å². The highest BCUT2D eigenvalue weighted by Gasteiger charge is 2.75. The van der Waals surface area contributed by atoms with Crippen LogP contribution in [0, 0.1) is 22.7 Å². The predicted octanol–water partition coefficient (Wildman–Crippen LogP) is 4.18. The van der Waals surface area contributed by atoms with Crippen molar-refractivity contribution < 1.29 is 43.3 Å². The van der Waals surface area contributed by atoms with E-state index in [1.807, 2.05) is 42.5 Å². The van der Waals surface area contributed by atoms with Gasteiger partial charge in [-0.1, -0.05) is 80.1 Å². The number of carbonyl (C=O) groups excluding carboxylic acids is 3. The summed E-state index contributed by atoms with van der Waals surface area (Å²) >= 11 is 0. The van der Waals surface area contributed by atoms with Gasteiger partial charge in [0.05, 0.1) is 24.9 Å². The molecule has 2 amide bonds. The van der Waals surface area contributed by atoms with Crippen molar-refractivity contribution in [3.8, 4) is 0 Å². The van der Waals surface area contributed by atoms with Crippen molar-refractivity contribution in [2.45, 2.75) is 120 Å². The molecule has 0 spiro atoms. The van der Waals surface area contributed by atoms with Crippen LogP contribution in [0.5, 0.6) is 0 Å². The van der Waals surface area contributed by atoms with Crippen LogP contribution >= 0.6 is 0 Å². The molecule has 0 radical (unpaired) electrons. The molecule has 9 rings (SSSR count). The molecule has 12 heteroatoms. The van der Waals surface area contributed by atoms with Crippen LogP contribution in [0.15, 0.2) is 60.2 Å². The number of ether oxygens (including phenoxy) is 4. The van der Waals surface area contributed by atoms with Crippen molar-refractivity contribution in [1.29, 1.82) is 0 Å². The fourth-order valence-electron chi connectivity index (χ4n) is 11.2. The Morgan fingerprint density at radius 2 is 1.82 bits per heavy atom. The van der Waals surface area contributed by atoms with Crippen LogP contribution in [0.4, 0.5) is 0 Å². The summed E-state index contributed by atoms with van der Waals surface area (Å²) in [6.45, 7) is 7.11. The van der Waals surface area contributed by atoms with Crippen molar-refractivity contribution in [2.75, 3.05) is 27.0 Å². The number of aliphatic hydroxyl groups excluding tert-OH is 1. The summed E-state index contributed by atoms with van der Waals surface area (Å²) < 4.78 is 24.3. The molecule has 0 aromatic heterocycles. The van der Waals surface area contributed by atoms with E-state index in [1.54, 1.807) is 12.1 Å². The fraction of sp³-hybridized carbons (Fsp3) is 0.614. The molecule has 4 saturated heterocycles. The van der Waals surface area contributed by atoms with Crippen LogP contribution < -0.4 is 5.32 Å². The maximum atomic E-state index is 15.2. The molecule has 2 bridgehead atoms. The van der Waals surface area contributed by atoms with Gasteiger partial charge in [0, 0.05) is 26.4 Å². The topological polar surface area (TPSA) is 139 Å². The highest BCUT2D eigenvalue weighted by molar-refractivity contribution is 5.96. The van der Waals surface area contributed by atoms with Crippen molar-refractivity contribution in [3.05, 3.63) is 76.9 Å². The summed E-state index contributed by atoms with van der Waals surface area (Å²) in [5.74, 6) is -0.153. The predicted molar refractivity (Wildman–Crippen MR) is 204 cm³/mol. The Bertz CT molecular complexity index is 1890. The molecular formula is C44H55N3O9. The maximum absolute atomic E-state index is 15.2. The minimum Gasteiger partial charge on any atom is -0.458 e. The van der Waals surface area contributed by atoms with E-state index in [2.05, 4.69) is 44.3 Å². The van der Waals surface area contributed by atoms with Crippen LogP contribution in [0.25, 0.3) is 6.08 Å². The molecule has 12 nitrogen and oxygen atoms in total. The van der Waals surface area contributed by atoms with E-state index in [9.17, 15) is 14.7 Å². The van der Waals surface area contributed by atoms with Gasteiger partial charge in [-0.3, -0.25) is 19.2 Å². The molecule has 2 aromatic rings. The summed E-state index contributed by atoms with van der Waals surface area (Å²) in [5.41, 5.74) is 3.32. The highest BCUT2D eigenvalue weighted by Crippen LogP contribution is 2.60. The Labute approximate surface area is 328 Å². The molecule has 3 aliphatic carbocycles. The summed E-state index contributed by atoms with van der Waals surface area (Å²) in [7, 11) is 1.61. The third kappa shape index (κ3) is 6.41. The lowest BCUT2D eigenvalue weighted by Crippen LogP contribution is -2.70. The molecule has 11 atom stereocenters. The number of hydrogen-bond acceptors (Lipinski definition) is 10. The third-order valence-corrected chi connectivity index (χ3v) is 14.3. The Hall–Kier alpha value is -3.65. The van der Waals surface area contributed by atoms with E-state index in [1.165, 1.54) is 23.3 Å². The number of epoxide rings is 1. The Balaban J connectivity index is 1.02. The SMILES string of the molecule is CN(C(=O)C12CC3OC(=O)C1N(Cc1cccc(C=C4CCC5OC5(C)CCC5C4CC5(C)C)c1)OC2C1OCOC31)C(Cc1ccccc1)C(=O)NCCO. The minimum atomic E-state index is -1.40. The van der Waals surface area contributed by atoms with Gasteiger partial charge >= 0.3 is 5.97 Å². The molecule has 7 fully saturated rings. The average molecular weight is 770 g/mol. The van der Waals surface area contributed by atoms with Crippen LogP contribution in [-0.2, 0) is 51.1 Å². The summed E-state index contributed by atoms with van der Waals surface area (Å²) in [6, 6.07) is 15.8. The van der Waals surface area contributed by atoms with E-state index in [-0.39, 0.29) is 44.9 Å². The van der Waals surface area contributed by atoms with Gasteiger partial charge in [-0.25, -0.2) is 0 Å². The minimum absolute atomic E-state index is 0.00389. The zero-order chi connectivity index (χ0) is 39.0. The molecule has 3 saturated carbocycles. The molecule has 11 unspecified atom stereocenters. The number of fused-ring (bicyclic) bond motifs is 6. The number of hydroxylamine groups is 2. The van der Waals surface area contributed by atoms with Crippen molar-refractivity contribution in [3.63, 3.8) is 0 Å². The lowest BCUT2D eigenvalue weighted by molar-refractivity contribution is -0.204. The molecule has 2 aromatic carbocycles. The van der Waals surface area contributed by atoms with Crippen molar-refractivity contribution >= 4 is 23.9 Å². The number of nitrogens with zero attached hydrogens (tertiary/aromatic N) is 2. The maximum Gasteiger partial charge on any atom is 0.327 e. The first-order valence-electron chi connectivity index (χ1n) is 20.5. The van der Waals surface area contributed by atoms with Crippen LogP contribution in [0.2, 0.25) is 0 Å². The average Bonchev–Trinajstić information content (AvgIpc) is 3.46. The number of carbonyl (C=O) groups is 3. The van der Waals surface area contributed by atoms with Gasteiger partial charge in [0.25, 0.3) is 0 Å². The second-order valence-electron chi connectivity index (χ2n) is 18.1. The van der Waals surface area contributed by atoms with E-state index in [0.29, 0.717) is 23.4 Å². The Morgan fingerprint density at radius 1 is 1.04 bits per heavy atom. The first-order chi connectivity index (χ1) is 26.9. The molecule has 300 valence electrons.